The Hall–Kier alpha value is -1.85. The van der Waals surface area contributed by atoms with Crippen molar-refractivity contribution in [2.45, 2.75) is 102 Å². The maximum Gasteiger partial charge on any atom is 0.333 e. The molecule has 1 aliphatic rings. The maximum atomic E-state index is 11.4. The zero-order valence-corrected chi connectivity index (χ0v) is 22.1. The molecule has 36 heavy (non-hydrogen) atoms. The summed E-state index contributed by atoms with van der Waals surface area (Å²) in [5.41, 5.74) is 1.71. The molecule has 0 aromatic carbocycles. The van der Waals surface area contributed by atoms with Crippen LogP contribution in [0, 0.1) is 0 Å². The second-order valence-corrected chi connectivity index (χ2v) is 9.62. The van der Waals surface area contributed by atoms with Crippen LogP contribution < -0.4 is 0 Å². The van der Waals surface area contributed by atoms with E-state index in [1.54, 1.807) is 19.9 Å². The largest absolute Gasteiger partial charge is 0.466 e. The molecule has 1 unspecified atom stereocenters. The van der Waals surface area contributed by atoms with Crippen molar-refractivity contribution in [1.29, 1.82) is 0 Å². The van der Waals surface area contributed by atoms with Crippen LogP contribution in [0.5, 0.6) is 0 Å². The first-order valence-electron chi connectivity index (χ1n) is 12.3. The van der Waals surface area contributed by atoms with Gasteiger partial charge in [0, 0.05) is 5.57 Å². The summed E-state index contributed by atoms with van der Waals surface area (Å²) in [5.74, 6) is -0.456. The number of hydrogen-bond donors (Lipinski definition) is 5. The summed E-state index contributed by atoms with van der Waals surface area (Å²) >= 11 is 0. The number of methoxy groups -OCH3 is 1. The van der Waals surface area contributed by atoms with Crippen LogP contribution >= 0.6 is 0 Å². The monoisotopic (exact) mass is 512 g/mol. The van der Waals surface area contributed by atoms with Crippen LogP contribution in [0.2, 0.25) is 0 Å². The van der Waals surface area contributed by atoms with Gasteiger partial charge in [0.05, 0.1) is 25.4 Å². The van der Waals surface area contributed by atoms with Crippen molar-refractivity contribution in [1.82, 2.24) is 0 Å². The van der Waals surface area contributed by atoms with Crippen molar-refractivity contribution in [3.05, 3.63) is 47.6 Å². The summed E-state index contributed by atoms with van der Waals surface area (Å²) in [7, 11) is 1.30. The van der Waals surface area contributed by atoms with Gasteiger partial charge >= 0.3 is 5.97 Å². The van der Waals surface area contributed by atoms with Crippen molar-refractivity contribution < 1.29 is 44.5 Å². The van der Waals surface area contributed by atoms with E-state index in [2.05, 4.69) is 23.5 Å². The van der Waals surface area contributed by atoms with Gasteiger partial charge in [-0.05, 0) is 65.9 Å². The van der Waals surface area contributed by atoms with Crippen molar-refractivity contribution in [2.24, 2.45) is 0 Å². The predicted octanol–water partition coefficient (Wildman–Crippen LogP) is 2.07. The number of hydrogen-bond acceptors (Lipinski definition) is 9. The molecule has 1 saturated heterocycles. The average Bonchev–Trinajstić information content (AvgIpc) is 2.83. The van der Waals surface area contributed by atoms with Crippen LogP contribution in [0.25, 0.3) is 0 Å². The van der Waals surface area contributed by atoms with Crippen molar-refractivity contribution in [2.75, 3.05) is 13.7 Å². The van der Waals surface area contributed by atoms with E-state index >= 15 is 0 Å². The number of allylic oxidation sites excluding steroid dienone is 3. The Morgan fingerprint density at radius 1 is 1.08 bits per heavy atom. The minimum absolute atomic E-state index is 0.374. The van der Waals surface area contributed by atoms with Gasteiger partial charge < -0.3 is 39.7 Å². The van der Waals surface area contributed by atoms with E-state index in [9.17, 15) is 30.3 Å². The molecule has 9 nitrogen and oxygen atoms in total. The molecule has 0 aliphatic carbocycles. The lowest BCUT2D eigenvalue weighted by Crippen LogP contribution is -2.60. The zero-order chi connectivity index (χ0) is 27.5. The summed E-state index contributed by atoms with van der Waals surface area (Å²) in [5, 5.41) is 49.6. The fraction of sp³-hybridized carbons (Fsp3) is 0.667. The predicted molar refractivity (Wildman–Crippen MR) is 136 cm³/mol. The number of aliphatic hydroxyl groups is 5. The molecule has 1 heterocycles. The lowest BCUT2D eigenvalue weighted by Gasteiger charge is -2.42. The molecule has 0 saturated carbocycles. The van der Waals surface area contributed by atoms with Gasteiger partial charge in [0.1, 0.15) is 24.4 Å². The Kier molecular flexibility index (Phi) is 13.8. The number of ether oxygens (including phenoxy) is 3. The normalized spacial score (nSPS) is 28.4. The van der Waals surface area contributed by atoms with Gasteiger partial charge in [-0.3, -0.25) is 0 Å². The van der Waals surface area contributed by atoms with Crippen LogP contribution in [0.3, 0.4) is 0 Å². The van der Waals surface area contributed by atoms with E-state index < -0.39 is 55.0 Å². The van der Waals surface area contributed by atoms with Gasteiger partial charge in [0.2, 0.25) is 0 Å². The van der Waals surface area contributed by atoms with E-state index in [-0.39, 0.29) is 0 Å². The first kappa shape index (κ1) is 32.2. The Balaban J connectivity index is 2.57. The van der Waals surface area contributed by atoms with Gasteiger partial charge in [-0.2, -0.15) is 0 Å². The Bertz CT molecular complexity index is 801. The van der Waals surface area contributed by atoms with E-state index in [1.165, 1.54) is 18.8 Å². The van der Waals surface area contributed by atoms with Gasteiger partial charge in [-0.25, -0.2) is 4.79 Å². The van der Waals surface area contributed by atoms with Gasteiger partial charge in [0.25, 0.3) is 0 Å². The molecule has 5 N–H and O–H groups in total. The minimum atomic E-state index is -1.50. The molecule has 9 heteroatoms. The van der Waals surface area contributed by atoms with E-state index in [0.29, 0.717) is 24.8 Å². The quantitative estimate of drug-likeness (QED) is 0.134. The molecule has 0 bridgehead atoms. The summed E-state index contributed by atoms with van der Waals surface area (Å²) < 4.78 is 16.0. The van der Waals surface area contributed by atoms with Gasteiger partial charge in [0.15, 0.2) is 6.29 Å². The summed E-state index contributed by atoms with van der Waals surface area (Å²) in [4.78, 5) is 11.4. The molecule has 1 aliphatic heterocycles. The first-order valence-corrected chi connectivity index (χ1v) is 12.3. The fourth-order valence-electron chi connectivity index (χ4n) is 3.88. The minimum Gasteiger partial charge on any atom is -0.466 e. The molecular weight excluding hydrogens is 468 g/mol. The molecule has 0 amide bonds. The Morgan fingerprint density at radius 3 is 2.31 bits per heavy atom. The highest BCUT2D eigenvalue weighted by atomic mass is 16.7. The van der Waals surface area contributed by atoms with E-state index in [1.807, 2.05) is 13.8 Å². The van der Waals surface area contributed by atoms with Gasteiger partial charge in [-0.15, -0.1) is 6.58 Å². The molecule has 0 radical (unpaired) electrons. The van der Waals surface area contributed by atoms with Crippen LogP contribution in [0.1, 0.15) is 59.8 Å². The van der Waals surface area contributed by atoms with Crippen LogP contribution in [0.15, 0.2) is 47.6 Å². The number of aliphatic hydroxyl groups excluding tert-OH is 5. The number of esters is 1. The zero-order valence-electron chi connectivity index (χ0n) is 22.1. The van der Waals surface area contributed by atoms with E-state index in [0.717, 1.165) is 18.4 Å². The summed E-state index contributed by atoms with van der Waals surface area (Å²) in [6.45, 7) is 10.7. The van der Waals surface area contributed by atoms with Crippen LogP contribution in [0.4, 0.5) is 0 Å². The lowest BCUT2D eigenvalue weighted by molar-refractivity contribution is -0.319. The van der Waals surface area contributed by atoms with Crippen molar-refractivity contribution >= 4 is 5.97 Å². The Morgan fingerprint density at radius 2 is 1.72 bits per heavy atom. The standard InChI is InChI=1S/C27H44O9/c1-7-27(5,36-26-24(32)23(31)22(30)21(16-28)35-26)13-9-12-17(2)10-8-11-18(3)14-20(29)15-19(4)25(33)34-6/h7,11-12,15,20-24,26,28-32H,1,8-10,13-14,16H2,2-6H3/b17-12+,18-11+,19-15+/t20?,21-,22-,23+,24-,26+,27-/m1/s1. The maximum absolute atomic E-state index is 11.4. The summed E-state index contributed by atoms with van der Waals surface area (Å²) in [6.07, 6.45) is 3.14. The topological polar surface area (TPSA) is 146 Å². The third kappa shape index (κ3) is 10.3. The first-order chi connectivity index (χ1) is 16.9. The molecular formula is C27H44O9. The van der Waals surface area contributed by atoms with Crippen LogP contribution in [-0.4, -0.2) is 87.6 Å². The molecule has 1 fully saturated rings. The number of carbonyl (C=O) groups excluding carboxylic acids is 1. The Labute approximate surface area is 214 Å². The van der Waals surface area contributed by atoms with E-state index in [4.69, 9.17) is 9.47 Å². The highest BCUT2D eigenvalue weighted by molar-refractivity contribution is 5.87. The highest BCUT2D eigenvalue weighted by Gasteiger charge is 2.45. The SMILES string of the molecule is C=C[C@](C)(CC/C=C(\C)CC/C=C(\C)CC(O)/C=C(\C)C(=O)OC)O[C@@H]1O[C@H](CO)[C@@H](O)[C@H](O)[C@H]1O. The second kappa shape index (κ2) is 15.4. The smallest absolute Gasteiger partial charge is 0.333 e. The second-order valence-electron chi connectivity index (χ2n) is 9.62. The molecule has 0 aromatic heterocycles. The molecule has 7 atom stereocenters. The number of carbonyl (C=O) groups is 1. The molecule has 0 aromatic rings. The number of rotatable bonds is 14. The van der Waals surface area contributed by atoms with Gasteiger partial charge in [-0.1, -0.05) is 29.4 Å². The average molecular weight is 513 g/mol. The third-order valence-electron chi connectivity index (χ3n) is 6.31. The van der Waals surface area contributed by atoms with Crippen molar-refractivity contribution in [3.63, 3.8) is 0 Å². The summed E-state index contributed by atoms with van der Waals surface area (Å²) in [6, 6.07) is 0. The van der Waals surface area contributed by atoms with Crippen LogP contribution in [-0.2, 0) is 19.0 Å². The van der Waals surface area contributed by atoms with Crippen molar-refractivity contribution in [3.8, 4) is 0 Å². The lowest BCUT2D eigenvalue weighted by atomic mass is 9.96. The molecule has 1 rings (SSSR count). The fourth-order valence-corrected chi connectivity index (χ4v) is 3.88. The molecule has 206 valence electrons. The third-order valence-corrected chi connectivity index (χ3v) is 6.31. The molecule has 0 spiro atoms. The highest BCUT2D eigenvalue weighted by Crippen LogP contribution is 2.29.